The van der Waals surface area contributed by atoms with Crippen molar-refractivity contribution in [3.05, 3.63) is 28.5 Å². The zero-order chi connectivity index (χ0) is 12.0. The zero-order valence-corrected chi connectivity index (χ0v) is 10.5. The highest BCUT2D eigenvalue weighted by Gasteiger charge is 2.16. The lowest BCUT2D eigenvalue weighted by Gasteiger charge is -2.18. The van der Waals surface area contributed by atoms with Crippen LogP contribution in [0.25, 0.3) is 6.08 Å². The Kier molecular flexibility index (Phi) is 4.55. The minimum atomic E-state index is -0.637. The van der Waals surface area contributed by atoms with E-state index in [1.165, 1.54) is 0 Å². The molecule has 0 saturated heterocycles. The maximum Gasteiger partial charge on any atom is 0.509 e. The van der Waals surface area contributed by atoms with Gasteiger partial charge in [0.15, 0.2) is 0 Å². The summed E-state index contributed by atoms with van der Waals surface area (Å²) in [4.78, 5) is 11.1. The van der Waals surface area contributed by atoms with Crippen molar-refractivity contribution in [2.45, 2.75) is 26.4 Å². The molecule has 0 amide bonds. The van der Waals surface area contributed by atoms with Crippen LogP contribution < -0.4 is 0 Å². The fourth-order valence-corrected chi connectivity index (χ4v) is 1.58. The van der Waals surface area contributed by atoms with Crippen LogP contribution in [0.5, 0.6) is 0 Å². The molecule has 0 aromatic carbocycles. The van der Waals surface area contributed by atoms with Crippen LogP contribution in [0.3, 0.4) is 0 Å². The number of hydrogen-bond donors (Lipinski definition) is 0. The summed E-state index contributed by atoms with van der Waals surface area (Å²) in [5.74, 6) is 0. The summed E-state index contributed by atoms with van der Waals surface area (Å²) >= 11 is 1.63. The van der Waals surface area contributed by atoms with Crippen LogP contribution in [0.4, 0.5) is 4.79 Å². The third-order valence-electron chi connectivity index (χ3n) is 1.54. The van der Waals surface area contributed by atoms with Crippen LogP contribution in [0.1, 0.15) is 26.3 Å². The van der Waals surface area contributed by atoms with Crippen molar-refractivity contribution in [1.82, 2.24) is 0 Å². The standard InChI is InChI=1S/C12H16O3S/c1-12(2,3)15-11(13)14-7-4-5-10-6-8-16-9-10/h4-6,8-9H,7H2,1-3H3/b5-4+. The fourth-order valence-electron chi connectivity index (χ4n) is 0.950. The summed E-state index contributed by atoms with van der Waals surface area (Å²) in [6.45, 7) is 5.63. The Morgan fingerprint density at radius 1 is 1.50 bits per heavy atom. The molecule has 1 aromatic rings. The van der Waals surface area contributed by atoms with Crippen LogP contribution in [0.15, 0.2) is 22.9 Å². The van der Waals surface area contributed by atoms with Crippen LogP contribution in [0, 0.1) is 0 Å². The van der Waals surface area contributed by atoms with Gasteiger partial charge < -0.3 is 9.47 Å². The van der Waals surface area contributed by atoms with Gasteiger partial charge in [0.1, 0.15) is 12.2 Å². The molecule has 0 spiro atoms. The van der Waals surface area contributed by atoms with Crippen molar-refractivity contribution in [1.29, 1.82) is 0 Å². The van der Waals surface area contributed by atoms with Gasteiger partial charge in [0.25, 0.3) is 0 Å². The predicted octanol–water partition coefficient (Wildman–Crippen LogP) is 3.71. The lowest BCUT2D eigenvalue weighted by Crippen LogP contribution is -2.24. The van der Waals surface area contributed by atoms with Crippen LogP contribution in [0.2, 0.25) is 0 Å². The van der Waals surface area contributed by atoms with Crippen molar-refractivity contribution in [3.8, 4) is 0 Å². The van der Waals surface area contributed by atoms with Crippen LogP contribution >= 0.6 is 11.3 Å². The summed E-state index contributed by atoms with van der Waals surface area (Å²) in [7, 11) is 0. The van der Waals surface area contributed by atoms with Gasteiger partial charge in [0.2, 0.25) is 0 Å². The van der Waals surface area contributed by atoms with Crippen molar-refractivity contribution < 1.29 is 14.3 Å². The quantitative estimate of drug-likeness (QED) is 0.755. The first-order chi connectivity index (χ1) is 7.47. The lowest BCUT2D eigenvalue weighted by atomic mass is 10.2. The van der Waals surface area contributed by atoms with E-state index in [9.17, 15) is 4.79 Å². The average Bonchev–Trinajstić information content (AvgIpc) is 2.62. The van der Waals surface area contributed by atoms with Crippen LogP contribution in [-0.2, 0) is 9.47 Å². The number of carbonyl (C=O) groups excluding carboxylic acids is 1. The molecular formula is C12H16O3S. The Balaban J connectivity index is 2.23. The summed E-state index contributed by atoms with van der Waals surface area (Å²) in [6.07, 6.45) is 3.05. The second-order valence-corrected chi connectivity index (χ2v) is 5.01. The molecule has 88 valence electrons. The summed E-state index contributed by atoms with van der Waals surface area (Å²) < 4.78 is 9.85. The zero-order valence-electron chi connectivity index (χ0n) is 9.73. The molecule has 0 aliphatic heterocycles. The molecule has 1 aromatic heterocycles. The molecule has 0 radical (unpaired) electrons. The van der Waals surface area contributed by atoms with E-state index in [4.69, 9.17) is 9.47 Å². The molecule has 0 fully saturated rings. The number of ether oxygens (including phenoxy) is 2. The Morgan fingerprint density at radius 3 is 2.81 bits per heavy atom. The largest absolute Gasteiger partial charge is 0.509 e. The first kappa shape index (κ1) is 12.8. The van der Waals surface area contributed by atoms with Gasteiger partial charge in [-0.3, -0.25) is 0 Å². The first-order valence-corrected chi connectivity index (χ1v) is 5.96. The van der Waals surface area contributed by atoms with E-state index in [2.05, 4.69) is 0 Å². The van der Waals surface area contributed by atoms with E-state index in [0.29, 0.717) is 0 Å². The van der Waals surface area contributed by atoms with Crippen molar-refractivity contribution in [2.75, 3.05) is 6.61 Å². The summed E-state index contributed by atoms with van der Waals surface area (Å²) in [6, 6.07) is 1.99. The summed E-state index contributed by atoms with van der Waals surface area (Å²) in [5.41, 5.74) is 0.603. The lowest BCUT2D eigenvalue weighted by molar-refractivity contribution is -0.00234. The van der Waals surface area contributed by atoms with Gasteiger partial charge in [-0.05, 0) is 49.2 Å². The highest BCUT2D eigenvalue weighted by molar-refractivity contribution is 7.08. The van der Waals surface area contributed by atoms with E-state index in [-0.39, 0.29) is 6.61 Å². The highest BCUT2D eigenvalue weighted by atomic mass is 32.1. The minimum Gasteiger partial charge on any atom is -0.430 e. The van der Waals surface area contributed by atoms with Gasteiger partial charge >= 0.3 is 6.16 Å². The van der Waals surface area contributed by atoms with Gasteiger partial charge in [-0.1, -0.05) is 6.08 Å². The van der Waals surface area contributed by atoms with Crippen molar-refractivity contribution >= 4 is 23.6 Å². The molecule has 16 heavy (non-hydrogen) atoms. The second-order valence-electron chi connectivity index (χ2n) is 4.23. The van der Waals surface area contributed by atoms with Gasteiger partial charge in [0.05, 0.1) is 0 Å². The van der Waals surface area contributed by atoms with Gasteiger partial charge in [-0.25, -0.2) is 4.79 Å². The van der Waals surface area contributed by atoms with E-state index < -0.39 is 11.8 Å². The molecule has 4 heteroatoms. The third kappa shape index (κ3) is 5.56. The Morgan fingerprint density at radius 2 is 2.25 bits per heavy atom. The van der Waals surface area contributed by atoms with E-state index in [1.54, 1.807) is 38.2 Å². The number of rotatable bonds is 3. The van der Waals surface area contributed by atoms with E-state index >= 15 is 0 Å². The molecule has 0 N–H and O–H groups in total. The Labute approximate surface area is 99.7 Å². The van der Waals surface area contributed by atoms with E-state index in [0.717, 1.165) is 5.56 Å². The number of carbonyl (C=O) groups is 1. The van der Waals surface area contributed by atoms with Crippen molar-refractivity contribution in [2.24, 2.45) is 0 Å². The smallest absolute Gasteiger partial charge is 0.430 e. The molecular weight excluding hydrogens is 224 g/mol. The molecule has 0 aliphatic carbocycles. The Hall–Kier alpha value is -1.29. The predicted molar refractivity (Wildman–Crippen MR) is 65.5 cm³/mol. The maximum absolute atomic E-state index is 11.1. The fraction of sp³-hybridized carbons (Fsp3) is 0.417. The first-order valence-electron chi connectivity index (χ1n) is 5.02. The normalized spacial score (nSPS) is 11.7. The molecule has 1 rings (SSSR count). The van der Waals surface area contributed by atoms with Gasteiger partial charge in [0, 0.05) is 0 Å². The topological polar surface area (TPSA) is 35.5 Å². The van der Waals surface area contributed by atoms with Crippen LogP contribution in [-0.4, -0.2) is 18.4 Å². The number of hydrogen-bond acceptors (Lipinski definition) is 4. The molecule has 0 bridgehead atoms. The molecule has 3 nitrogen and oxygen atoms in total. The molecule has 0 aliphatic rings. The van der Waals surface area contributed by atoms with Crippen molar-refractivity contribution in [3.63, 3.8) is 0 Å². The maximum atomic E-state index is 11.1. The van der Waals surface area contributed by atoms with Gasteiger partial charge in [-0.2, -0.15) is 11.3 Å². The Bertz CT molecular complexity index is 347. The average molecular weight is 240 g/mol. The second kappa shape index (κ2) is 5.70. The molecule has 1 heterocycles. The SMILES string of the molecule is CC(C)(C)OC(=O)OC/C=C/c1ccsc1. The van der Waals surface area contributed by atoms with Gasteiger partial charge in [-0.15, -0.1) is 0 Å². The summed E-state index contributed by atoms with van der Waals surface area (Å²) in [5, 5.41) is 4.01. The highest BCUT2D eigenvalue weighted by Crippen LogP contribution is 2.09. The monoisotopic (exact) mass is 240 g/mol. The molecule has 0 atom stereocenters. The number of thiophene rings is 1. The van der Waals surface area contributed by atoms with E-state index in [1.807, 2.05) is 22.9 Å². The molecule has 0 saturated carbocycles. The minimum absolute atomic E-state index is 0.227. The molecule has 0 unspecified atom stereocenters. The third-order valence-corrected chi connectivity index (χ3v) is 2.24.